The Kier molecular flexibility index (Phi) is 9.35. The Morgan fingerprint density at radius 3 is 1.33 bits per heavy atom. The Bertz CT molecular complexity index is 2690. The number of benzene rings is 4. The van der Waals surface area contributed by atoms with Crippen LogP contribution in [0.1, 0.15) is 61.1 Å². The molecule has 4 aromatic carbocycles. The van der Waals surface area contributed by atoms with Gasteiger partial charge in [0.2, 0.25) is 11.6 Å². The molecule has 2 aliphatic rings. The lowest BCUT2D eigenvalue weighted by Gasteiger charge is -2.29. The lowest BCUT2D eigenvalue weighted by atomic mass is 9.75. The van der Waals surface area contributed by atoms with Crippen molar-refractivity contribution in [3.05, 3.63) is 142 Å². The molecule has 290 valence electrons. The van der Waals surface area contributed by atoms with Gasteiger partial charge in [-0.1, -0.05) is 52.0 Å². The van der Waals surface area contributed by atoms with E-state index in [9.17, 15) is 30.0 Å². The normalized spacial score (nSPS) is 15.7. The standard InChI is InChI=1S/C48H42N4O6/c1-23(2)37-29-19-25(5)39(45(55)41(29)31(43(53)47(37)57)21-51-35-15-7-13-33-27(35)11-9-17-49-33)40-26(6)20-30-38(24(3)4)48(58)44(54)32(42(30)46(40)56)22-52-36-16-8-14-34-28(36)12-10-18-50-34/h7-24,51-52,55-58H,1-6H3/b31-21-,32-22-. The predicted molar refractivity (Wildman–Crippen MR) is 230 cm³/mol. The number of pyridine rings is 2. The fourth-order valence-corrected chi connectivity index (χ4v) is 8.39. The number of Topliss-reactive ketones (excluding diaryl/α,β-unsaturated/α-hetero) is 2. The zero-order chi connectivity index (χ0) is 41.2. The summed E-state index contributed by atoms with van der Waals surface area (Å²) in [5, 5.41) is 55.9. The number of carbonyl (C=O) groups excluding carboxylic acids is 2. The molecule has 0 unspecified atom stereocenters. The van der Waals surface area contributed by atoms with E-state index in [1.807, 2.05) is 88.4 Å². The Labute approximate surface area is 335 Å². The monoisotopic (exact) mass is 770 g/mol. The molecule has 0 amide bonds. The molecule has 2 heterocycles. The molecular formula is C48H42N4O6. The van der Waals surface area contributed by atoms with Crippen LogP contribution >= 0.6 is 0 Å². The zero-order valence-corrected chi connectivity index (χ0v) is 32.9. The third kappa shape index (κ3) is 5.96. The van der Waals surface area contributed by atoms with Gasteiger partial charge in [0.25, 0.3) is 0 Å². The summed E-state index contributed by atoms with van der Waals surface area (Å²) < 4.78 is 0. The molecule has 8 rings (SSSR count). The smallest absolute Gasteiger partial charge is 0.229 e. The van der Waals surface area contributed by atoms with E-state index in [0.29, 0.717) is 44.8 Å². The van der Waals surface area contributed by atoms with Crippen molar-refractivity contribution >= 4 is 67.0 Å². The van der Waals surface area contributed by atoms with Gasteiger partial charge in [-0.05, 0) is 96.5 Å². The highest BCUT2D eigenvalue weighted by molar-refractivity contribution is 6.35. The molecule has 0 saturated carbocycles. The number of aliphatic hydroxyl groups excluding tert-OH is 2. The van der Waals surface area contributed by atoms with Crippen molar-refractivity contribution in [2.45, 2.75) is 41.5 Å². The van der Waals surface area contributed by atoms with E-state index in [4.69, 9.17) is 0 Å². The number of aliphatic hydroxyl groups is 2. The van der Waals surface area contributed by atoms with Gasteiger partial charge in [-0.25, -0.2) is 0 Å². The number of nitrogens with zero attached hydrogens (tertiary/aromatic N) is 2. The van der Waals surface area contributed by atoms with Gasteiger partial charge >= 0.3 is 0 Å². The second-order valence-electron chi connectivity index (χ2n) is 15.3. The number of hydrogen-bond donors (Lipinski definition) is 6. The second-order valence-corrected chi connectivity index (χ2v) is 15.3. The van der Waals surface area contributed by atoms with Crippen molar-refractivity contribution in [2.24, 2.45) is 11.8 Å². The van der Waals surface area contributed by atoms with E-state index in [2.05, 4.69) is 20.6 Å². The maximum atomic E-state index is 14.1. The summed E-state index contributed by atoms with van der Waals surface area (Å²) >= 11 is 0. The van der Waals surface area contributed by atoms with Crippen LogP contribution in [0.15, 0.2) is 109 Å². The molecule has 0 bridgehead atoms. The average molecular weight is 771 g/mol. The predicted octanol–water partition coefficient (Wildman–Crippen LogP) is 10.4. The Hall–Kier alpha value is -7.20. The van der Waals surface area contributed by atoms with Crippen LogP contribution in [0.2, 0.25) is 0 Å². The van der Waals surface area contributed by atoms with Gasteiger partial charge in [-0.3, -0.25) is 19.6 Å². The Morgan fingerprint density at radius 1 is 0.552 bits per heavy atom. The average Bonchev–Trinajstić information content (AvgIpc) is 3.19. The van der Waals surface area contributed by atoms with Gasteiger partial charge in [0.1, 0.15) is 11.5 Å². The summed E-state index contributed by atoms with van der Waals surface area (Å²) in [7, 11) is 0. The summed E-state index contributed by atoms with van der Waals surface area (Å²) in [6, 6.07) is 22.1. The van der Waals surface area contributed by atoms with Crippen LogP contribution in [0, 0.1) is 25.7 Å². The van der Waals surface area contributed by atoms with Crippen LogP contribution in [0.5, 0.6) is 11.5 Å². The number of fused-ring (bicyclic) bond motifs is 4. The van der Waals surface area contributed by atoms with Gasteiger partial charge in [0, 0.05) is 80.3 Å². The first-order chi connectivity index (χ1) is 27.8. The molecule has 6 N–H and O–H groups in total. The third-order valence-electron chi connectivity index (χ3n) is 11.0. The van der Waals surface area contributed by atoms with Crippen LogP contribution in [0.3, 0.4) is 0 Å². The van der Waals surface area contributed by atoms with E-state index in [1.54, 1.807) is 38.4 Å². The molecule has 10 heteroatoms. The van der Waals surface area contributed by atoms with Crippen LogP contribution in [0.25, 0.3) is 55.2 Å². The minimum atomic E-state index is -0.675. The minimum absolute atomic E-state index is 0.0196. The summed E-state index contributed by atoms with van der Waals surface area (Å²) in [6.45, 7) is 11.0. The van der Waals surface area contributed by atoms with E-state index < -0.39 is 23.1 Å². The maximum Gasteiger partial charge on any atom is 0.229 e. The van der Waals surface area contributed by atoms with Gasteiger partial charge in [0.15, 0.2) is 11.5 Å². The number of anilines is 2. The van der Waals surface area contributed by atoms with Gasteiger partial charge in [-0.2, -0.15) is 0 Å². The van der Waals surface area contributed by atoms with Crippen LogP contribution in [0.4, 0.5) is 11.4 Å². The number of allylic oxidation sites excluding steroid dienone is 4. The first-order valence-electron chi connectivity index (χ1n) is 19.1. The third-order valence-corrected chi connectivity index (χ3v) is 11.0. The number of hydrogen-bond acceptors (Lipinski definition) is 10. The number of aromatic hydroxyl groups is 2. The minimum Gasteiger partial charge on any atom is -0.507 e. The highest BCUT2D eigenvalue weighted by atomic mass is 16.3. The molecule has 0 radical (unpaired) electrons. The molecule has 2 aliphatic carbocycles. The molecule has 0 aliphatic heterocycles. The quantitative estimate of drug-likeness (QED) is 0.0861. The molecule has 0 atom stereocenters. The number of nitrogens with one attached hydrogen (secondary N) is 2. The SMILES string of the molecule is Cc1cc2c(c(O)c1-c1c(C)cc3c(c1O)/C(=C/Nc1cccc4ncccc14)C(=O)C(O)=C3C(C)C)/C(=C/Nc1cccc3ncccc13)C(=O)C(O)=C2C(C)C. The van der Waals surface area contributed by atoms with Crippen molar-refractivity contribution in [3.8, 4) is 22.6 Å². The van der Waals surface area contributed by atoms with E-state index in [-0.39, 0.29) is 56.7 Å². The topological polar surface area (TPSA) is 165 Å². The molecule has 0 spiro atoms. The van der Waals surface area contributed by atoms with Gasteiger partial charge in [0.05, 0.1) is 22.2 Å². The maximum absolute atomic E-state index is 14.1. The number of phenolic OH excluding ortho intramolecular Hbond substituents is 2. The van der Waals surface area contributed by atoms with Crippen LogP contribution in [-0.4, -0.2) is 42.0 Å². The summed E-state index contributed by atoms with van der Waals surface area (Å²) in [5.41, 5.74) is 6.56. The summed E-state index contributed by atoms with van der Waals surface area (Å²) in [6.07, 6.45) is 6.34. The lowest BCUT2D eigenvalue weighted by molar-refractivity contribution is -0.113. The van der Waals surface area contributed by atoms with Crippen molar-refractivity contribution in [1.82, 2.24) is 9.97 Å². The molecule has 0 fully saturated rings. The number of aryl methyl sites for hydroxylation is 2. The zero-order valence-electron chi connectivity index (χ0n) is 32.9. The Balaban J connectivity index is 1.35. The largest absolute Gasteiger partial charge is 0.507 e. The molecule has 0 saturated heterocycles. The van der Waals surface area contributed by atoms with Crippen LogP contribution in [-0.2, 0) is 9.59 Å². The highest BCUT2D eigenvalue weighted by Gasteiger charge is 2.38. The molecule has 6 aromatic rings. The number of rotatable bonds is 7. The number of phenols is 2. The fraction of sp³-hybridized carbons (Fsp3) is 0.167. The number of ketones is 2. The molecule has 10 nitrogen and oxygen atoms in total. The van der Waals surface area contributed by atoms with E-state index in [1.165, 1.54) is 12.4 Å². The first kappa shape index (κ1) is 37.7. The molecular weight excluding hydrogens is 729 g/mol. The Morgan fingerprint density at radius 2 is 0.948 bits per heavy atom. The second kappa shape index (κ2) is 14.4. The molecule has 2 aromatic heterocycles. The highest BCUT2D eigenvalue weighted by Crippen LogP contribution is 2.53. The molecule has 58 heavy (non-hydrogen) atoms. The number of aromatic nitrogens is 2. The summed E-state index contributed by atoms with van der Waals surface area (Å²) in [4.78, 5) is 37.1. The lowest BCUT2D eigenvalue weighted by Crippen LogP contribution is -2.20. The summed E-state index contributed by atoms with van der Waals surface area (Å²) in [5.74, 6) is -3.31. The first-order valence-corrected chi connectivity index (χ1v) is 19.1. The van der Waals surface area contributed by atoms with E-state index >= 15 is 0 Å². The van der Waals surface area contributed by atoms with Gasteiger partial charge < -0.3 is 31.1 Å². The van der Waals surface area contributed by atoms with Crippen molar-refractivity contribution in [1.29, 1.82) is 0 Å². The van der Waals surface area contributed by atoms with Crippen LogP contribution < -0.4 is 10.6 Å². The van der Waals surface area contributed by atoms with Gasteiger partial charge in [-0.15, -0.1) is 0 Å². The fourth-order valence-electron chi connectivity index (χ4n) is 8.39. The van der Waals surface area contributed by atoms with Crippen molar-refractivity contribution < 1.29 is 30.0 Å². The van der Waals surface area contributed by atoms with Crippen molar-refractivity contribution in [2.75, 3.05) is 10.6 Å². The van der Waals surface area contributed by atoms with E-state index in [0.717, 1.165) is 21.8 Å². The van der Waals surface area contributed by atoms with Crippen molar-refractivity contribution in [3.63, 3.8) is 0 Å². The number of carbonyl (C=O) groups is 2.